The van der Waals surface area contributed by atoms with Crippen LogP contribution in [0.5, 0.6) is 5.75 Å². The lowest BCUT2D eigenvalue weighted by Crippen LogP contribution is -2.35. The Bertz CT molecular complexity index is 734. The molecule has 0 aliphatic heterocycles. The number of aryl methyl sites for hydroxylation is 1. The number of carbonyl (C=O) groups excluding carboxylic acids is 1. The molecule has 0 saturated heterocycles. The van der Waals surface area contributed by atoms with Crippen LogP contribution in [0.3, 0.4) is 0 Å². The van der Waals surface area contributed by atoms with Gasteiger partial charge >= 0.3 is 0 Å². The minimum Gasteiger partial charge on any atom is -0.491 e. The van der Waals surface area contributed by atoms with Crippen molar-refractivity contribution in [2.75, 3.05) is 13.2 Å². The summed E-state index contributed by atoms with van der Waals surface area (Å²) in [6, 6.07) is 8.52. The molecule has 1 atom stereocenters. The lowest BCUT2D eigenvalue weighted by molar-refractivity contribution is 0.0842. The molecule has 1 amide bonds. The van der Waals surface area contributed by atoms with E-state index in [9.17, 15) is 18.7 Å². The fourth-order valence-electron chi connectivity index (χ4n) is 2.12. The molecule has 2 aromatic carbocycles. The van der Waals surface area contributed by atoms with Crippen LogP contribution in [0.25, 0.3) is 0 Å². The molecule has 4 nitrogen and oxygen atoms in total. The van der Waals surface area contributed by atoms with Gasteiger partial charge in [0.05, 0.1) is 0 Å². The number of amides is 1. The molecule has 2 aromatic rings. The van der Waals surface area contributed by atoms with Crippen molar-refractivity contribution in [3.8, 4) is 5.75 Å². The lowest BCUT2D eigenvalue weighted by atomic mass is 10.0. The Balaban J connectivity index is 1.84. The van der Waals surface area contributed by atoms with Gasteiger partial charge in [-0.3, -0.25) is 4.79 Å². The SMILES string of the molecule is Cc1cccc(C(=O)NCC(O)COc2ccc(F)c(F)c2)c1C. The van der Waals surface area contributed by atoms with Gasteiger partial charge in [-0.15, -0.1) is 0 Å². The first-order chi connectivity index (χ1) is 11.4. The van der Waals surface area contributed by atoms with E-state index in [2.05, 4.69) is 5.32 Å². The van der Waals surface area contributed by atoms with Crippen molar-refractivity contribution < 1.29 is 23.4 Å². The van der Waals surface area contributed by atoms with Gasteiger partial charge in [-0.05, 0) is 43.2 Å². The summed E-state index contributed by atoms with van der Waals surface area (Å²) in [4.78, 5) is 12.1. The molecule has 6 heteroatoms. The zero-order valence-corrected chi connectivity index (χ0v) is 13.5. The van der Waals surface area contributed by atoms with Crippen molar-refractivity contribution >= 4 is 5.91 Å². The minimum absolute atomic E-state index is 0.0180. The number of benzene rings is 2. The van der Waals surface area contributed by atoms with E-state index < -0.39 is 17.7 Å². The Kier molecular flexibility index (Phi) is 5.87. The maximum absolute atomic E-state index is 13.0. The summed E-state index contributed by atoms with van der Waals surface area (Å²) < 4.78 is 31.0. The Hall–Kier alpha value is -2.47. The Morgan fingerprint density at radius 3 is 2.67 bits per heavy atom. The van der Waals surface area contributed by atoms with Gasteiger partial charge < -0.3 is 15.2 Å². The van der Waals surface area contributed by atoms with Gasteiger partial charge in [0.2, 0.25) is 0 Å². The highest BCUT2D eigenvalue weighted by atomic mass is 19.2. The molecular formula is C18H19F2NO3. The van der Waals surface area contributed by atoms with Gasteiger partial charge in [0.25, 0.3) is 5.91 Å². The summed E-state index contributed by atoms with van der Waals surface area (Å²) in [7, 11) is 0. The number of ether oxygens (including phenoxy) is 1. The molecule has 0 saturated carbocycles. The van der Waals surface area contributed by atoms with E-state index >= 15 is 0 Å². The third kappa shape index (κ3) is 4.52. The molecule has 128 valence electrons. The fraction of sp³-hybridized carbons (Fsp3) is 0.278. The number of hydrogen-bond donors (Lipinski definition) is 2. The molecular weight excluding hydrogens is 316 g/mol. The van der Waals surface area contributed by atoms with Crippen LogP contribution in [0.1, 0.15) is 21.5 Å². The Morgan fingerprint density at radius 1 is 1.21 bits per heavy atom. The topological polar surface area (TPSA) is 58.6 Å². The van der Waals surface area contributed by atoms with Crippen molar-refractivity contribution in [3.63, 3.8) is 0 Å². The first-order valence-corrected chi connectivity index (χ1v) is 7.49. The molecule has 0 aliphatic carbocycles. The van der Waals surface area contributed by atoms with E-state index in [1.54, 1.807) is 12.1 Å². The lowest BCUT2D eigenvalue weighted by Gasteiger charge is -2.14. The number of aliphatic hydroxyl groups is 1. The molecule has 0 radical (unpaired) electrons. The highest BCUT2D eigenvalue weighted by Crippen LogP contribution is 2.15. The summed E-state index contributed by atoms with van der Waals surface area (Å²) in [5, 5.41) is 12.5. The summed E-state index contributed by atoms with van der Waals surface area (Å²) in [6.45, 7) is 3.59. The molecule has 0 bridgehead atoms. The van der Waals surface area contributed by atoms with E-state index in [1.807, 2.05) is 19.9 Å². The smallest absolute Gasteiger partial charge is 0.251 e. The summed E-state index contributed by atoms with van der Waals surface area (Å²) >= 11 is 0. The molecule has 0 aliphatic rings. The number of carbonyl (C=O) groups is 1. The van der Waals surface area contributed by atoms with Crippen molar-refractivity contribution in [1.82, 2.24) is 5.32 Å². The molecule has 0 fully saturated rings. The van der Waals surface area contributed by atoms with Crippen molar-refractivity contribution in [1.29, 1.82) is 0 Å². The van der Waals surface area contributed by atoms with Crippen LogP contribution in [-0.2, 0) is 0 Å². The van der Waals surface area contributed by atoms with Gasteiger partial charge in [-0.1, -0.05) is 12.1 Å². The second kappa shape index (κ2) is 7.88. The van der Waals surface area contributed by atoms with E-state index in [1.165, 1.54) is 6.07 Å². The highest BCUT2D eigenvalue weighted by Gasteiger charge is 2.13. The molecule has 2 N–H and O–H groups in total. The zero-order valence-electron chi connectivity index (χ0n) is 13.5. The largest absolute Gasteiger partial charge is 0.491 e. The fourth-order valence-corrected chi connectivity index (χ4v) is 2.12. The summed E-state index contributed by atoms with van der Waals surface area (Å²) in [5.41, 5.74) is 2.43. The maximum atomic E-state index is 13.0. The van der Waals surface area contributed by atoms with E-state index in [0.29, 0.717) is 5.56 Å². The normalized spacial score (nSPS) is 11.9. The van der Waals surface area contributed by atoms with Crippen LogP contribution in [-0.4, -0.2) is 30.3 Å². The standard InChI is InChI=1S/C18H19F2NO3/c1-11-4-3-5-15(12(11)2)18(23)21-9-13(22)10-24-14-6-7-16(19)17(20)8-14/h3-8,13,22H,9-10H2,1-2H3,(H,21,23). The van der Waals surface area contributed by atoms with Crippen LogP contribution < -0.4 is 10.1 Å². The second-order valence-electron chi connectivity index (χ2n) is 5.50. The number of hydrogen-bond acceptors (Lipinski definition) is 3. The van der Waals surface area contributed by atoms with Crippen molar-refractivity contribution in [2.45, 2.75) is 20.0 Å². The van der Waals surface area contributed by atoms with E-state index in [0.717, 1.165) is 23.3 Å². The second-order valence-corrected chi connectivity index (χ2v) is 5.50. The van der Waals surface area contributed by atoms with Crippen LogP contribution in [0, 0.1) is 25.5 Å². The van der Waals surface area contributed by atoms with Gasteiger partial charge in [0, 0.05) is 18.2 Å². The molecule has 0 heterocycles. The quantitative estimate of drug-likeness (QED) is 0.853. The summed E-state index contributed by atoms with van der Waals surface area (Å²) in [5.74, 6) is -2.18. The zero-order chi connectivity index (χ0) is 17.7. The number of halogens is 2. The van der Waals surface area contributed by atoms with Crippen LogP contribution in [0.4, 0.5) is 8.78 Å². The van der Waals surface area contributed by atoms with Crippen LogP contribution >= 0.6 is 0 Å². The highest BCUT2D eigenvalue weighted by molar-refractivity contribution is 5.95. The van der Waals surface area contributed by atoms with Gasteiger partial charge in [0.1, 0.15) is 18.5 Å². The van der Waals surface area contributed by atoms with Gasteiger partial charge in [-0.25, -0.2) is 8.78 Å². The summed E-state index contributed by atoms with van der Waals surface area (Å²) in [6.07, 6.45) is -0.979. The van der Waals surface area contributed by atoms with Crippen molar-refractivity contribution in [2.24, 2.45) is 0 Å². The van der Waals surface area contributed by atoms with Crippen molar-refractivity contribution in [3.05, 3.63) is 64.7 Å². The minimum atomic E-state index is -1.02. The first kappa shape index (κ1) is 17.9. The monoisotopic (exact) mass is 335 g/mol. The van der Waals surface area contributed by atoms with Crippen LogP contribution in [0.2, 0.25) is 0 Å². The van der Waals surface area contributed by atoms with E-state index in [4.69, 9.17) is 4.74 Å². The molecule has 1 unspecified atom stereocenters. The molecule has 24 heavy (non-hydrogen) atoms. The Labute approximate surface area is 139 Å². The van der Waals surface area contributed by atoms with Gasteiger partial charge in [-0.2, -0.15) is 0 Å². The third-order valence-corrected chi connectivity index (χ3v) is 3.68. The van der Waals surface area contributed by atoms with Gasteiger partial charge in [0.15, 0.2) is 11.6 Å². The predicted molar refractivity (Wildman–Crippen MR) is 86.1 cm³/mol. The molecule has 2 rings (SSSR count). The number of rotatable bonds is 6. The average Bonchev–Trinajstić information content (AvgIpc) is 2.56. The van der Waals surface area contributed by atoms with Crippen LogP contribution in [0.15, 0.2) is 36.4 Å². The molecule has 0 aromatic heterocycles. The average molecular weight is 335 g/mol. The predicted octanol–water partition coefficient (Wildman–Crippen LogP) is 2.75. The van der Waals surface area contributed by atoms with E-state index in [-0.39, 0.29) is 24.8 Å². The third-order valence-electron chi connectivity index (χ3n) is 3.68. The number of nitrogens with one attached hydrogen (secondary N) is 1. The Morgan fingerprint density at radius 2 is 1.96 bits per heavy atom. The molecule has 0 spiro atoms. The first-order valence-electron chi connectivity index (χ1n) is 7.49. The number of aliphatic hydroxyl groups excluding tert-OH is 1. The maximum Gasteiger partial charge on any atom is 0.251 e.